The van der Waals surface area contributed by atoms with Crippen molar-refractivity contribution in [3.8, 4) is 17.1 Å². The molecule has 0 radical (unpaired) electrons. The number of nitrogens with zero attached hydrogens (tertiary/aromatic N) is 4. The molecule has 4 rings (SSSR count). The monoisotopic (exact) mass is 446 g/mol. The van der Waals surface area contributed by atoms with Crippen molar-refractivity contribution in [2.75, 3.05) is 0 Å². The van der Waals surface area contributed by atoms with Crippen LogP contribution in [0.5, 0.6) is 0 Å². The largest absolute Gasteiger partial charge is 0.268 e. The Hall–Kier alpha value is -2.05. The average Bonchev–Trinajstić information content (AvgIpc) is 3.12. The molecular weight excluding hydrogens is 435 g/mol. The van der Waals surface area contributed by atoms with Crippen molar-refractivity contribution in [1.29, 1.82) is 0 Å². The van der Waals surface area contributed by atoms with E-state index in [0.29, 0.717) is 31.8 Å². The van der Waals surface area contributed by atoms with E-state index in [1.54, 1.807) is 18.5 Å². The highest BCUT2D eigenvalue weighted by atomic mass is 35.5. The summed E-state index contributed by atoms with van der Waals surface area (Å²) in [5.41, 5.74) is 2.68. The van der Waals surface area contributed by atoms with E-state index in [-0.39, 0.29) is 0 Å². The van der Waals surface area contributed by atoms with Crippen molar-refractivity contribution in [2.45, 2.75) is 10.9 Å². The Morgan fingerprint density at radius 3 is 2.39 bits per heavy atom. The number of hydrogen-bond donors (Lipinski definition) is 0. The van der Waals surface area contributed by atoms with Crippen LogP contribution in [-0.2, 0) is 5.75 Å². The van der Waals surface area contributed by atoms with Crippen LogP contribution in [0.4, 0.5) is 0 Å². The maximum atomic E-state index is 6.47. The van der Waals surface area contributed by atoms with Crippen LogP contribution >= 0.6 is 46.6 Å². The maximum absolute atomic E-state index is 6.47. The van der Waals surface area contributed by atoms with Gasteiger partial charge >= 0.3 is 0 Å². The quantitative estimate of drug-likeness (QED) is 0.324. The molecular formula is C20H13Cl3N4S. The number of hydrogen-bond acceptors (Lipinski definition) is 4. The Kier molecular flexibility index (Phi) is 5.87. The minimum absolute atomic E-state index is 0.609. The highest BCUT2D eigenvalue weighted by molar-refractivity contribution is 7.98. The third-order valence-corrected chi connectivity index (χ3v) is 5.92. The number of aromatic nitrogens is 4. The number of rotatable bonds is 5. The fourth-order valence-corrected chi connectivity index (χ4v) is 4.41. The van der Waals surface area contributed by atoms with E-state index in [4.69, 9.17) is 34.8 Å². The first-order valence-electron chi connectivity index (χ1n) is 8.31. The van der Waals surface area contributed by atoms with Crippen LogP contribution in [0.2, 0.25) is 15.1 Å². The standard InChI is InChI=1S/C20H13Cl3N4S/c21-15-6-5-14(17(23)11-15)12-28-20-26-25-19(13-7-9-24-10-8-13)27(20)18-4-2-1-3-16(18)22/h1-11H,12H2. The first-order valence-corrected chi connectivity index (χ1v) is 10.4. The molecule has 2 aromatic carbocycles. The van der Waals surface area contributed by atoms with E-state index >= 15 is 0 Å². The highest BCUT2D eigenvalue weighted by Gasteiger charge is 2.18. The predicted octanol–water partition coefficient (Wildman–Crippen LogP) is 6.58. The second-order valence-corrected chi connectivity index (χ2v) is 8.05. The SMILES string of the molecule is Clc1ccc(CSc2nnc(-c3ccncc3)n2-c2ccccc2Cl)c(Cl)c1. The molecule has 8 heteroatoms. The minimum Gasteiger partial charge on any atom is -0.268 e. The van der Waals surface area contributed by atoms with Crippen LogP contribution in [0.25, 0.3) is 17.1 Å². The molecule has 0 N–H and O–H groups in total. The Morgan fingerprint density at radius 1 is 0.857 bits per heavy atom. The summed E-state index contributed by atoms with van der Waals surface area (Å²) in [7, 11) is 0. The molecule has 0 saturated carbocycles. The van der Waals surface area contributed by atoms with Gasteiger partial charge in [-0.1, -0.05) is 64.8 Å². The topological polar surface area (TPSA) is 43.6 Å². The summed E-state index contributed by atoms with van der Waals surface area (Å²) in [4.78, 5) is 4.08. The lowest BCUT2D eigenvalue weighted by molar-refractivity contribution is 0.886. The van der Waals surface area contributed by atoms with Gasteiger partial charge in [-0.2, -0.15) is 0 Å². The molecule has 28 heavy (non-hydrogen) atoms. The fraction of sp³-hybridized carbons (Fsp3) is 0.0500. The Labute approximate surface area is 181 Å². The predicted molar refractivity (Wildman–Crippen MR) is 116 cm³/mol. The number of thioether (sulfide) groups is 1. The maximum Gasteiger partial charge on any atom is 0.196 e. The van der Waals surface area contributed by atoms with E-state index in [9.17, 15) is 0 Å². The molecule has 0 fully saturated rings. The zero-order chi connectivity index (χ0) is 19.5. The van der Waals surface area contributed by atoms with Crippen LogP contribution < -0.4 is 0 Å². The molecule has 0 aliphatic carbocycles. The Balaban J connectivity index is 1.75. The van der Waals surface area contributed by atoms with Gasteiger partial charge < -0.3 is 0 Å². The zero-order valence-electron chi connectivity index (χ0n) is 14.4. The third kappa shape index (κ3) is 4.03. The lowest BCUT2D eigenvalue weighted by Gasteiger charge is -2.12. The summed E-state index contributed by atoms with van der Waals surface area (Å²) >= 11 is 20.3. The summed E-state index contributed by atoms with van der Waals surface area (Å²) in [6.45, 7) is 0. The van der Waals surface area contributed by atoms with Gasteiger partial charge in [-0.15, -0.1) is 10.2 Å². The van der Waals surface area contributed by atoms with E-state index < -0.39 is 0 Å². The van der Waals surface area contributed by atoms with Gasteiger partial charge in [-0.05, 0) is 42.0 Å². The molecule has 0 atom stereocenters. The molecule has 2 heterocycles. The lowest BCUT2D eigenvalue weighted by atomic mass is 10.2. The molecule has 140 valence electrons. The van der Waals surface area contributed by atoms with Gasteiger partial charge in [0.2, 0.25) is 0 Å². The molecule has 0 aliphatic rings. The molecule has 0 unspecified atom stereocenters. The Bertz CT molecular complexity index is 1120. The van der Waals surface area contributed by atoms with Gasteiger partial charge in [-0.25, -0.2) is 0 Å². The van der Waals surface area contributed by atoms with E-state index in [0.717, 1.165) is 16.8 Å². The summed E-state index contributed by atoms with van der Waals surface area (Å²) in [5.74, 6) is 1.31. The number of para-hydroxylation sites is 1. The second-order valence-electron chi connectivity index (χ2n) is 5.85. The van der Waals surface area contributed by atoms with Crippen molar-refractivity contribution in [3.05, 3.63) is 87.6 Å². The second kappa shape index (κ2) is 8.53. The summed E-state index contributed by atoms with van der Waals surface area (Å²) in [6.07, 6.45) is 3.45. The lowest BCUT2D eigenvalue weighted by Crippen LogP contribution is -2.00. The molecule has 0 saturated heterocycles. The molecule has 0 bridgehead atoms. The number of benzene rings is 2. The van der Waals surface area contributed by atoms with Crippen LogP contribution in [0, 0.1) is 0 Å². The minimum atomic E-state index is 0.609. The molecule has 0 aliphatic heterocycles. The van der Waals surface area contributed by atoms with Crippen LogP contribution in [0.3, 0.4) is 0 Å². The van der Waals surface area contributed by atoms with Gasteiger partial charge in [0.25, 0.3) is 0 Å². The van der Waals surface area contributed by atoms with Gasteiger partial charge in [0.15, 0.2) is 11.0 Å². The molecule has 0 amide bonds. The average molecular weight is 448 g/mol. The van der Waals surface area contributed by atoms with E-state index in [1.165, 1.54) is 11.8 Å². The van der Waals surface area contributed by atoms with Crippen LogP contribution in [-0.4, -0.2) is 19.7 Å². The van der Waals surface area contributed by atoms with Gasteiger partial charge in [-0.3, -0.25) is 9.55 Å². The van der Waals surface area contributed by atoms with Crippen molar-refractivity contribution in [3.63, 3.8) is 0 Å². The summed E-state index contributed by atoms with van der Waals surface area (Å²) in [6, 6.07) is 16.9. The smallest absolute Gasteiger partial charge is 0.196 e. The van der Waals surface area contributed by atoms with Crippen molar-refractivity contribution in [2.24, 2.45) is 0 Å². The number of pyridine rings is 1. The van der Waals surface area contributed by atoms with Crippen molar-refractivity contribution < 1.29 is 0 Å². The van der Waals surface area contributed by atoms with Gasteiger partial charge in [0.05, 0.1) is 10.7 Å². The Morgan fingerprint density at radius 2 is 1.64 bits per heavy atom. The van der Waals surface area contributed by atoms with Gasteiger partial charge in [0, 0.05) is 33.8 Å². The third-order valence-electron chi connectivity index (χ3n) is 4.04. The zero-order valence-corrected chi connectivity index (χ0v) is 17.5. The molecule has 4 aromatic rings. The van der Waals surface area contributed by atoms with E-state index in [2.05, 4.69) is 15.2 Å². The summed E-state index contributed by atoms with van der Waals surface area (Å²) in [5, 5.41) is 11.4. The molecule has 0 spiro atoms. The molecule has 4 nitrogen and oxygen atoms in total. The van der Waals surface area contributed by atoms with Crippen molar-refractivity contribution in [1.82, 2.24) is 19.7 Å². The normalized spacial score (nSPS) is 11.0. The van der Waals surface area contributed by atoms with Crippen LogP contribution in [0.15, 0.2) is 72.1 Å². The van der Waals surface area contributed by atoms with E-state index in [1.807, 2.05) is 53.1 Å². The molecule has 2 aromatic heterocycles. The van der Waals surface area contributed by atoms with Gasteiger partial charge in [0.1, 0.15) is 0 Å². The van der Waals surface area contributed by atoms with Crippen LogP contribution in [0.1, 0.15) is 5.56 Å². The first kappa shape index (κ1) is 19.3. The highest BCUT2D eigenvalue weighted by Crippen LogP contribution is 2.33. The first-order chi connectivity index (χ1) is 13.6. The number of halogens is 3. The summed E-state index contributed by atoms with van der Waals surface area (Å²) < 4.78 is 1.95. The fourth-order valence-electron chi connectivity index (χ4n) is 2.68. The van der Waals surface area contributed by atoms with Crippen molar-refractivity contribution >= 4 is 46.6 Å².